The average molecular weight is 296 g/mol. The Labute approximate surface area is 127 Å². The first kappa shape index (κ1) is 15.7. The van der Waals surface area contributed by atoms with Crippen molar-refractivity contribution in [1.29, 1.82) is 0 Å². The van der Waals surface area contributed by atoms with Crippen LogP contribution in [-0.4, -0.2) is 20.2 Å². The molecule has 20 heavy (non-hydrogen) atoms. The van der Waals surface area contributed by atoms with E-state index in [1.54, 1.807) is 7.11 Å². The smallest absolute Gasteiger partial charge is 0.122 e. The van der Waals surface area contributed by atoms with Crippen molar-refractivity contribution in [3.05, 3.63) is 28.8 Å². The minimum atomic E-state index is 0.208. The number of hydrogen-bond donors (Lipinski definition) is 1. The van der Waals surface area contributed by atoms with Crippen LogP contribution in [0.15, 0.2) is 18.2 Å². The molecule has 0 heterocycles. The third kappa shape index (κ3) is 3.12. The van der Waals surface area contributed by atoms with Gasteiger partial charge in [0, 0.05) is 22.5 Å². The van der Waals surface area contributed by atoms with Crippen molar-refractivity contribution >= 4 is 11.6 Å². The molecule has 2 unspecified atom stereocenters. The lowest BCUT2D eigenvalue weighted by atomic mass is 9.91. The maximum Gasteiger partial charge on any atom is 0.122 e. The summed E-state index contributed by atoms with van der Waals surface area (Å²) in [5.74, 6) is 2.37. The van der Waals surface area contributed by atoms with E-state index in [9.17, 15) is 0 Å². The van der Waals surface area contributed by atoms with Crippen molar-refractivity contribution in [3.63, 3.8) is 0 Å². The maximum absolute atomic E-state index is 6.21. The van der Waals surface area contributed by atoms with Gasteiger partial charge in [-0.05, 0) is 43.0 Å². The Kier molecular flexibility index (Phi) is 4.98. The Morgan fingerprint density at radius 1 is 1.45 bits per heavy atom. The lowest BCUT2D eigenvalue weighted by Gasteiger charge is -2.22. The number of rotatable bonds is 7. The molecule has 1 N–H and O–H groups in total. The lowest BCUT2D eigenvalue weighted by Crippen LogP contribution is -2.31. The van der Waals surface area contributed by atoms with Crippen LogP contribution in [0.3, 0.4) is 0 Å². The summed E-state index contributed by atoms with van der Waals surface area (Å²) < 4.78 is 5.56. The van der Waals surface area contributed by atoms with Crippen molar-refractivity contribution in [1.82, 2.24) is 5.32 Å². The average Bonchev–Trinajstić information content (AvgIpc) is 3.13. The van der Waals surface area contributed by atoms with Crippen LogP contribution < -0.4 is 10.1 Å². The lowest BCUT2D eigenvalue weighted by molar-refractivity contribution is 0.396. The van der Waals surface area contributed by atoms with Gasteiger partial charge in [-0.15, -0.1) is 0 Å². The van der Waals surface area contributed by atoms with E-state index in [1.807, 2.05) is 12.1 Å². The Balaban J connectivity index is 2.23. The number of benzene rings is 1. The van der Waals surface area contributed by atoms with Crippen LogP contribution in [0.2, 0.25) is 5.02 Å². The molecular formula is C17H26ClNO. The summed E-state index contributed by atoms with van der Waals surface area (Å²) in [6.07, 6.45) is 2.43. The molecule has 1 fully saturated rings. The maximum atomic E-state index is 6.21. The molecule has 2 atom stereocenters. The van der Waals surface area contributed by atoms with Crippen molar-refractivity contribution in [3.8, 4) is 5.75 Å². The summed E-state index contributed by atoms with van der Waals surface area (Å²) in [4.78, 5) is 0. The highest BCUT2D eigenvalue weighted by molar-refractivity contribution is 6.30. The first-order valence-corrected chi connectivity index (χ1v) is 7.96. The van der Waals surface area contributed by atoms with Gasteiger partial charge in [-0.1, -0.05) is 38.8 Å². The molecule has 1 aromatic rings. The van der Waals surface area contributed by atoms with Gasteiger partial charge < -0.3 is 10.1 Å². The van der Waals surface area contributed by atoms with E-state index in [2.05, 4.69) is 32.2 Å². The Morgan fingerprint density at radius 3 is 2.75 bits per heavy atom. The predicted molar refractivity (Wildman–Crippen MR) is 85.8 cm³/mol. The van der Waals surface area contributed by atoms with Crippen LogP contribution in [0.4, 0.5) is 0 Å². The second-order valence-electron chi connectivity index (χ2n) is 6.33. The van der Waals surface area contributed by atoms with Crippen LogP contribution in [0, 0.1) is 11.8 Å². The minimum absolute atomic E-state index is 0.208. The van der Waals surface area contributed by atoms with Crippen LogP contribution in [0.25, 0.3) is 0 Å². The van der Waals surface area contributed by atoms with Gasteiger partial charge in [-0.2, -0.15) is 0 Å². The summed E-state index contributed by atoms with van der Waals surface area (Å²) in [6.45, 7) is 8.82. The molecule has 0 amide bonds. The predicted octanol–water partition coefficient (Wildman–Crippen LogP) is 4.26. The van der Waals surface area contributed by atoms with Gasteiger partial charge >= 0.3 is 0 Å². The van der Waals surface area contributed by atoms with Gasteiger partial charge in [0.2, 0.25) is 0 Å². The largest absolute Gasteiger partial charge is 0.496 e. The monoisotopic (exact) mass is 295 g/mol. The summed E-state index contributed by atoms with van der Waals surface area (Å²) in [5, 5.41) is 4.42. The topological polar surface area (TPSA) is 21.3 Å². The van der Waals surface area contributed by atoms with Gasteiger partial charge in [0.15, 0.2) is 0 Å². The van der Waals surface area contributed by atoms with Crippen LogP contribution >= 0.6 is 11.6 Å². The molecule has 1 aliphatic carbocycles. The second-order valence-corrected chi connectivity index (χ2v) is 6.77. The van der Waals surface area contributed by atoms with Gasteiger partial charge in [0.1, 0.15) is 5.75 Å². The van der Waals surface area contributed by atoms with E-state index in [-0.39, 0.29) is 5.41 Å². The fourth-order valence-corrected chi connectivity index (χ4v) is 3.38. The highest BCUT2D eigenvalue weighted by atomic mass is 35.5. The number of halogens is 1. The molecule has 0 aromatic heterocycles. The molecule has 0 bridgehead atoms. The molecule has 3 heteroatoms. The van der Waals surface area contributed by atoms with E-state index in [4.69, 9.17) is 16.3 Å². The molecular weight excluding hydrogens is 270 g/mol. The SMILES string of the molecule is CCC1CC1(CNCC(C)C)c1cc(Cl)ccc1OC. The highest BCUT2D eigenvalue weighted by Gasteiger charge is 2.54. The van der Waals surface area contributed by atoms with Crippen molar-refractivity contribution in [2.24, 2.45) is 11.8 Å². The molecule has 0 radical (unpaired) electrons. The van der Waals surface area contributed by atoms with Gasteiger partial charge in [0.05, 0.1) is 7.11 Å². The van der Waals surface area contributed by atoms with Crippen LogP contribution in [0.5, 0.6) is 5.75 Å². The molecule has 1 saturated carbocycles. The standard InChI is InChI=1S/C17H26ClNO/c1-5-13-9-17(13,11-19-10-12(2)3)15-8-14(18)6-7-16(15)20-4/h6-8,12-13,19H,5,9-11H2,1-4H3. The third-order valence-electron chi connectivity index (χ3n) is 4.42. The zero-order valence-electron chi connectivity index (χ0n) is 13.0. The van der Waals surface area contributed by atoms with Crippen LogP contribution in [-0.2, 0) is 5.41 Å². The number of methoxy groups -OCH3 is 1. The van der Waals surface area contributed by atoms with E-state index < -0.39 is 0 Å². The molecule has 2 rings (SSSR count). The second kappa shape index (κ2) is 6.36. The van der Waals surface area contributed by atoms with E-state index >= 15 is 0 Å². The molecule has 1 aliphatic rings. The Morgan fingerprint density at radius 2 is 2.20 bits per heavy atom. The van der Waals surface area contributed by atoms with E-state index in [0.29, 0.717) is 5.92 Å². The summed E-state index contributed by atoms with van der Waals surface area (Å²) in [5.41, 5.74) is 1.48. The Bertz CT molecular complexity index is 460. The molecule has 0 aliphatic heterocycles. The highest BCUT2D eigenvalue weighted by Crippen LogP contribution is 2.58. The summed E-state index contributed by atoms with van der Waals surface area (Å²) in [7, 11) is 1.74. The van der Waals surface area contributed by atoms with Gasteiger partial charge in [0.25, 0.3) is 0 Å². The minimum Gasteiger partial charge on any atom is -0.496 e. The molecule has 1 aromatic carbocycles. The zero-order chi connectivity index (χ0) is 14.8. The number of ether oxygens (including phenoxy) is 1. The number of hydrogen-bond acceptors (Lipinski definition) is 2. The molecule has 0 spiro atoms. The zero-order valence-corrected chi connectivity index (χ0v) is 13.8. The normalized spacial score (nSPS) is 25.0. The van der Waals surface area contributed by atoms with Crippen molar-refractivity contribution in [2.75, 3.05) is 20.2 Å². The molecule has 2 nitrogen and oxygen atoms in total. The van der Waals surface area contributed by atoms with Crippen molar-refractivity contribution in [2.45, 2.75) is 39.0 Å². The fraction of sp³-hybridized carbons (Fsp3) is 0.647. The van der Waals surface area contributed by atoms with Gasteiger partial charge in [-0.25, -0.2) is 0 Å². The third-order valence-corrected chi connectivity index (χ3v) is 4.65. The molecule has 0 saturated heterocycles. The molecule has 112 valence electrons. The quantitative estimate of drug-likeness (QED) is 0.811. The van der Waals surface area contributed by atoms with Crippen molar-refractivity contribution < 1.29 is 4.74 Å². The summed E-state index contributed by atoms with van der Waals surface area (Å²) in [6, 6.07) is 5.99. The number of nitrogens with one attached hydrogen (secondary N) is 1. The van der Waals surface area contributed by atoms with E-state index in [1.165, 1.54) is 18.4 Å². The first-order chi connectivity index (χ1) is 9.53. The summed E-state index contributed by atoms with van der Waals surface area (Å²) >= 11 is 6.21. The first-order valence-electron chi connectivity index (χ1n) is 7.58. The van der Waals surface area contributed by atoms with Crippen LogP contribution in [0.1, 0.15) is 39.2 Å². The fourth-order valence-electron chi connectivity index (χ4n) is 3.21. The van der Waals surface area contributed by atoms with E-state index in [0.717, 1.165) is 29.8 Å². The Hall–Kier alpha value is -0.730. The van der Waals surface area contributed by atoms with Gasteiger partial charge in [-0.3, -0.25) is 0 Å².